The number of carbonyl (C=O) groups is 4. The van der Waals surface area contributed by atoms with E-state index >= 15 is 0 Å². The lowest BCUT2D eigenvalue weighted by atomic mass is 9.68. The van der Waals surface area contributed by atoms with Gasteiger partial charge in [-0.25, -0.2) is 4.98 Å². The van der Waals surface area contributed by atoms with Crippen LogP contribution in [0.3, 0.4) is 0 Å². The van der Waals surface area contributed by atoms with Gasteiger partial charge in [0.1, 0.15) is 12.7 Å². The van der Waals surface area contributed by atoms with Gasteiger partial charge in [-0.1, -0.05) is 42.5 Å². The van der Waals surface area contributed by atoms with E-state index in [1.165, 1.54) is 6.92 Å². The molecule has 1 fully saturated rings. The van der Waals surface area contributed by atoms with Crippen LogP contribution in [-0.2, 0) is 28.7 Å². The zero-order valence-electron chi connectivity index (χ0n) is 20.1. The average molecular weight is 510 g/mol. The highest BCUT2D eigenvalue weighted by atomic mass is 16.6. The number of carbonyl (C=O) groups excluding carboxylic acids is 1. The number of carboxylic acids is 3. The van der Waals surface area contributed by atoms with Gasteiger partial charge in [-0.15, -0.1) is 0 Å². The van der Waals surface area contributed by atoms with Crippen molar-refractivity contribution in [3.8, 4) is 0 Å². The molecule has 0 saturated carbocycles. The second-order valence-electron chi connectivity index (χ2n) is 9.24. The fourth-order valence-corrected chi connectivity index (χ4v) is 5.43. The molecule has 1 saturated heterocycles. The van der Waals surface area contributed by atoms with Crippen LogP contribution in [0.2, 0.25) is 0 Å². The lowest BCUT2D eigenvalue weighted by molar-refractivity contribution is -0.189. The van der Waals surface area contributed by atoms with E-state index in [4.69, 9.17) is 14.5 Å². The molecule has 0 radical (unpaired) electrons. The Morgan fingerprint density at radius 2 is 1.32 bits per heavy atom. The number of nitrogens with zero attached hydrogens (tertiary/aromatic N) is 1. The summed E-state index contributed by atoms with van der Waals surface area (Å²) in [5, 5.41) is 31.5. The normalized spacial score (nSPS) is 23.5. The number of pyridine rings is 1. The van der Waals surface area contributed by atoms with E-state index in [2.05, 4.69) is 0 Å². The molecular formula is C27H27NO9. The highest BCUT2D eigenvalue weighted by Gasteiger charge is 2.49. The molecule has 3 aromatic rings. The Bertz CT molecular complexity index is 1350. The van der Waals surface area contributed by atoms with Gasteiger partial charge in [0.15, 0.2) is 0 Å². The smallest absolute Gasteiger partial charge is 0.303 e. The molecular weight excluding hydrogens is 482 g/mol. The summed E-state index contributed by atoms with van der Waals surface area (Å²) in [5.74, 6) is -6.87. The molecule has 10 heteroatoms. The van der Waals surface area contributed by atoms with Crippen molar-refractivity contribution in [1.82, 2.24) is 4.98 Å². The van der Waals surface area contributed by atoms with Crippen LogP contribution in [0.5, 0.6) is 0 Å². The molecule has 37 heavy (non-hydrogen) atoms. The summed E-state index contributed by atoms with van der Waals surface area (Å²) in [6, 6.07) is 14.9. The van der Waals surface area contributed by atoms with Crippen LogP contribution >= 0.6 is 0 Å². The first-order chi connectivity index (χ1) is 17.7. The molecule has 0 bridgehead atoms. The van der Waals surface area contributed by atoms with Crippen molar-refractivity contribution in [2.24, 2.45) is 17.8 Å². The maximum Gasteiger partial charge on any atom is 0.303 e. The van der Waals surface area contributed by atoms with E-state index in [0.29, 0.717) is 16.6 Å². The van der Waals surface area contributed by atoms with Crippen LogP contribution in [0, 0.1) is 17.8 Å². The van der Waals surface area contributed by atoms with E-state index < -0.39 is 73.1 Å². The number of rotatable bonds is 9. The van der Waals surface area contributed by atoms with E-state index in [1.54, 1.807) is 0 Å². The minimum atomic E-state index is -1.20. The first-order valence-electron chi connectivity index (χ1n) is 11.9. The second-order valence-corrected chi connectivity index (χ2v) is 9.24. The van der Waals surface area contributed by atoms with Crippen molar-refractivity contribution in [2.45, 2.75) is 38.4 Å². The van der Waals surface area contributed by atoms with E-state index in [1.807, 2.05) is 48.5 Å². The van der Waals surface area contributed by atoms with Crippen LogP contribution in [0.1, 0.15) is 38.0 Å². The summed E-state index contributed by atoms with van der Waals surface area (Å²) in [6.45, 7) is 0.901. The number of esters is 1. The molecule has 0 aliphatic carbocycles. The molecule has 1 aliphatic heterocycles. The number of carboxylic acid groups (broad SMARTS) is 3. The maximum absolute atomic E-state index is 12.0. The Hall–Kier alpha value is -4.05. The van der Waals surface area contributed by atoms with E-state index in [0.717, 1.165) is 10.8 Å². The number of aromatic nitrogens is 1. The van der Waals surface area contributed by atoms with Crippen molar-refractivity contribution in [1.29, 1.82) is 0 Å². The van der Waals surface area contributed by atoms with Gasteiger partial charge < -0.3 is 24.8 Å². The molecule has 10 nitrogen and oxygen atoms in total. The number of hydrogen-bond acceptors (Lipinski definition) is 7. The monoisotopic (exact) mass is 509 g/mol. The van der Waals surface area contributed by atoms with Crippen LogP contribution in [0.4, 0.5) is 0 Å². The van der Waals surface area contributed by atoms with Gasteiger partial charge in [-0.05, 0) is 17.4 Å². The molecule has 5 atom stereocenters. The fraction of sp³-hybridized carbons (Fsp3) is 0.370. The Morgan fingerprint density at radius 1 is 0.784 bits per heavy atom. The number of ether oxygens (including phenoxy) is 2. The molecule has 4 rings (SSSR count). The largest absolute Gasteiger partial charge is 0.481 e. The molecule has 3 N–H and O–H groups in total. The van der Waals surface area contributed by atoms with Crippen LogP contribution in [0.25, 0.3) is 21.7 Å². The highest BCUT2D eigenvalue weighted by Crippen LogP contribution is 2.49. The van der Waals surface area contributed by atoms with E-state index in [9.17, 15) is 34.5 Å². The predicted octanol–water partition coefficient (Wildman–Crippen LogP) is 3.66. The van der Waals surface area contributed by atoms with Gasteiger partial charge in [0.2, 0.25) is 0 Å². The minimum absolute atomic E-state index is 0.300. The summed E-state index contributed by atoms with van der Waals surface area (Å²) in [4.78, 5) is 52.0. The first-order valence-corrected chi connectivity index (χ1v) is 11.9. The van der Waals surface area contributed by atoms with Crippen molar-refractivity contribution in [3.63, 3.8) is 0 Å². The van der Waals surface area contributed by atoms with Gasteiger partial charge >= 0.3 is 23.9 Å². The second kappa shape index (κ2) is 10.9. The molecule has 2 aromatic carbocycles. The summed E-state index contributed by atoms with van der Waals surface area (Å²) in [7, 11) is 0. The SMILES string of the molecule is CC(=O)OC[C@@H]1O[C@@H](c2nc3ccccc3c3ccccc23)[C@@H](CC(=O)O)[C@@H](CC(=O)O)[C@@H]1CC(=O)O. The van der Waals surface area contributed by atoms with Crippen molar-refractivity contribution in [2.75, 3.05) is 6.61 Å². The van der Waals surface area contributed by atoms with Crippen LogP contribution in [0.15, 0.2) is 48.5 Å². The Labute approximate surface area is 211 Å². The lowest BCUT2D eigenvalue weighted by Crippen LogP contribution is -2.48. The Kier molecular flexibility index (Phi) is 7.68. The summed E-state index contributed by atoms with van der Waals surface area (Å²) >= 11 is 0. The van der Waals surface area contributed by atoms with Gasteiger partial charge in [-0.2, -0.15) is 0 Å². The zero-order valence-corrected chi connectivity index (χ0v) is 20.1. The number of para-hydroxylation sites is 1. The third-order valence-corrected chi connectivity index (χ3v) is 6.88. The molecule has 0 amide bonds. The number of aliphatic carboxylic acids is 3. The third kappa shape index (κ3) is 5.69. The standard InChI is InChI=1S/C27H27NO9/c1-14(29)36-13-22-19(11-24(32)33)18(10-23(30)31)20(12-25(34)35)27(37-22)26-17-8-3-2-6-15(17)16-7-4-5-9-21(16)28-26/h2-9,18-20,22,27H,10-13H2,1H3,(H,30,31)(H,32,33)(H,34,35)/t18-,19-,20-,22-,27+/m0/s1. The molecule has 1 aromatic heterocycles. The zero-order chi connectivity index (χ0) is 26.7. The maximum atomic E-state index is 12.0. The number of fused-ring (bicyclic) bond motifs is 3. The first kappa shape index (κ1) is 26.0. The van der Waals surface area contributed by atoms with Gasteiger partial charge in [0.25, 0.3) is 0 Å². The molecule has 194 valence electrons. The Morgan fingerprint density at radius 3 is 1.95 bits per heavy atom. The molecule has 2 heterocycles. The number of hydrogen-bond donors (Lipinski definition) is 3. The molecule has 1 aliphatic rings. The third-order valence-electron chi connectivity index (χ3n) is 6.88. The van der Waals surface area contributed by atoms with Gasteiger partial charge in [0.05, 0.1) is 30.2 Å². The Balaban J connectivity index is 1.92. The van der Waals surface area contributed by atoms with Crippen molar-refractivity contribution < 1.29 is 44.0 Å². The quantitative estimate of drug-likeness (QED) is 0.287. The summed E-state index contributed by atoms with van der Waals surface area (Å²) in [5.41, 5.74) is 1.07. The predicted molar refractivity (Wildman–Crippen MR) is 131 cm³/mol. The summed E-state index contributed by atoms with van der Waals surface area (Å²) < 4.78 is 11.5. The topological polar surface area (TPSA) is 160 Å². The van der Waals surface area contributed by atoms with Crippen LogP contribution in [-0.4, -0.2) is 56.9 Å². The molecule has 0 spiro atoms. The average Bonchev–Trinajstić information content (AvgIpc) is 2.84. The van der Waals surface area contributed by atoms with Gasteiger partial charge in [-0.3, -0.25) is 19.2 Å². The molecule has 0 unspecified atom stereocenters. The minimum Gasteiger partial charge on any atom is -0.481 e. The van der Waals surface area contributed by atoms with Crippen molar-refractivity contribution >= 4 is 45.6 Å². The summed E-state index contributed by atoms with van der Waals surface area (Å²) in [6.07, 6.45) is -3.37. The van der Waals surface area contributed by atoms with Crippen molar-refractivity contribution in [3.05, 3.63) is 54.2 Å². The fourth-order valence-electron chi connectivity index (χ4n) is 5.43. The van der Waals surface area contributed by atoms with E-state index in [-0.39, 0.29) is 6.61 Å². The number of benzene rings is 2. The van der Waals surface area contributed by atoms with Crippen LogP contribution < -0.4 is 0 Å². The van der Waals surface area contributed by atoms with Gasteiger partial charge in [0, 0.05) is 36.0 Å². The highest BCUT2D eigenvalue weighted by molar-refractivity contribution is 6.06. The lowest BCUT2D eigenvalue weighted by Gasteiger charge is -2.46.